The van der Waals surface area contributed by atoms with E-state index in [-0.39, 0.29) is 23.5 Å². The molecule has 0 radical (unpaired) electrons. The van der Waals surface area contributed by atoms with E-state index in [1.54, 1.807) is 43.3 Å². The van der Waals surface area contributed by atoms with Crippen molar-refractivity contribution in [1.82, 2.24) is 4.57 Å². The normalized spacial score (nSPS) is 11.5. The zero-order valence-corrected chi connectivity index (χ0v) is 18.0. The third-order valence-electron chi connectivity index (χ3n) is 4.52. The van der Waals surface area contributed by atoms with E-state index < -0.39 is 17.7 Å². The Balaban J connectivity index is 1.65. The summed E-state index contributed by atoms with van der Waals surface area (Å²) in [5.74, 6) is -0.287. The Kier molecular flexibility index (Phi) is 6.42. The van der Waals surface area contributed by atoms with Crippen LogP contribution in [-0.2, 0) is 16.1 Å². The molecule has 0 fully saturated rings. The molecule has 162 valence electrons. The Labute approximate surface area is 187 Å². The number of hydrogen-bond donors (Lipinski definition) is 0. The number of fused-ring (bicyclic) bond motifs is 1. The molecule has 0 saturated heterocycles. The van der Waals surface area contributed by atoms with Crippen molar-refractivity contribution >= 4 is 33.4 Å². The lowest BCUT2D eigenvalue weighted by Crippen LogP contribution is -2.23. The lowest BCUT2D eigenvalue weighted by Gasteiger charge is -2.06. The molecular weight excluding hydrogens is 431 g/mol. The van der Waals surface area contributed by atoms with Crippen molar-refractivity contribution in [2.75, 3.05) is 6.61 Å². The fraction of sp³-hybridized carbons (Fsp3) is 0.125. The fourth-order valence-electron chi connectivity index (χ4n) is 3.10. The third-order valence-corrected chi connectivity index (χ3v) is 5.57. The van der Waals surface area contributed by atoms with Gasteiger partial charge < -0.3 is 14.0 Å². The lowest BCUT2D eigenvalue weighted by molar-refractivity contribution is -0.143. The number of thiazole rings is 1. The quantitative estimate of drug-likeness (QED) is 0.390. The highest BCUT2D eigenvalue weighted by molar-refractivity contribution is 7.16. The van der Waals surface area contributed by atoms with Crippen LogP contribution >= 0.6 is 11.3 Å². The van der Waals surface area contributed by atoms with Crippen LogP contribution in [0.25, 0.3) is 10.2 Å². The van der Waals surface area contributed by atoms with Crippen LogP contribution in [0.15, 0.2) is 77.8 Å². The number of benzene rings is 3. The Morgan fingerprint density at radius 3 is 2.41 bits per heavy atom. The van der Waals surface area contributed by atoms with Gasteiger partial charge in [-0.3, -0.25) is 9.59 Å². The number of ether oxygens (including phenoxy) is 2. The number of nitrogens with zero attached hydrogens (tertiary/aromatic N) is 2. The van der Waals surface area contributed by atoms with Crippen LogP contribution in [0.5, 0.6) is 11.5 Å². The molecule has 0 saturated carbocycles. The van der Waals surface area contributed by atoms with Crippen LogP contribution in [0.1, 0.15) is 17.3 Å². The van der Waals surface area contributed by atoms with Crippen molar-refractivity contribution in [2.45, 2.75) is 13.5 Å². The van der Waals surface area contributed by atoms with Gasteiger partial charge in [-0.05, 0) is 55.5 Å². The average Bonchev–Trinajstić information content (AvgIpc) is 3.13. The molecule has 0 unspecified atom stereocenters. The van der Waals surface area contributed by atoms with Gasteiger partial charge in [0.05, 0.1) is 16.8 Å². The van der Waals surface area contributed by atoms with E-state index >= 15 is 0 Å². The van der Waals surface area contributed by atoms with Gasteiger partial charge in [0.25, 0.3) is 5.91 Å². The van der Waals surface area contributed by atoms with Crippen molar-refractivity contribution < 1.29 is 23.5 Å². The molecule has 0 spiro atoms. The summed E-state index contributed by atoms with van der Waals surface area (Å²) >= 11 is 1.13. The number of aromatic nitrogens is 1. The van der Waals surface area contributed by atoms with Gasteiger partial charge in [0.1, 0.15) is 23.9 Å². The van der Waals surface area contributed by atoms with E-state index in [2.05, 4.69) is 4.99 Å². The second kappa shape index (κ2) is 9.57. The minimum absolute atomic E-state index is 0.201. The van der Waals surface area contributed by atoms with Crippen LogP contribution in [0.2, 0.25) is 0 Å². The molecule has 1 aromatic heterocycles. The summed E-state index contributed by atoms with van der Waals surface area (Å²) in [6, 6.07) is 20.4. The molecule has 8 heteroatoms. The van der Waals surface area contributed by atoms with Gasteiger partial charge in [-0.15, -0.1) is 0 Å². The molecule has 32 heavy (non-hydrogen) atoms. The number of carbonyl (C=O) groups is 2. The first kappa shape index (κ1) is 21.5. The third kappa shape index (κ3) is 4.76. The second-order valence-corrected chi connectivity index (χ2v) is 7.73. The van der Waals surface area contributed by atoms with Crippen molar-refractivity contribution in [3.05, 3.63) is 89.0 Å². The SMILES string of the molecule is CCOC(=O)Cn1c(=NC(=O)c2ccc(Oc3ccccc3)cc2)sc2cccc(F)c21. The van der Waals surface area contributed by atoms with Crippen LogP contribution in [0.3, 0.4) is 0 Å². The molecule has 1 amide bonds. The maximum Gasteiger partial charge on any atom is 0.326 e. The van der Waals surface area contributed by atoms with Crippen molar-refractivity contribution in [3.8, 4) is 11.5 Å². The van der Waals surface area contributed by atoms with Crippen LogP contribution in [0.4, 0.5) is 4.39 Å². The highest BCUT2D eigenvalue weighted by atomic mass is 32.1. The van der Waals surface area contributed by atoms with E-state index in [0.717, 1.165) is 11.3 Å². The van der Waals surface area contributed by atoms with Gasteiger partial charge in [-0.25, -0.2) is 4.39 Å². The summed E-state index contributed by atoms with van der Waals surface area (Å²) in [5, 5.41) is 0. The van der Waals surface area contributed by atoms with E-state index in [4.69, 9.17) is 9.47 Å². The molecule has 0 bridgehead atoms. The number of amides is 1. The van der Waals surface area contributed by atoms with Gasteiger partial charge in [0.15, 0.2) is 4.80 Å². The number of halogens is 1. The van der Waals surface area contributed by atoms with E-state index in [0.29, 0.717) is 21.8 Å². The maximum atomic E-state index is 14.5. The summed E-state index contributed by atoms with van der Waals surface area (Å²) < 4.78 is 27.1. The van der Waals surface area contributed by atoms with E-state index in [1.165, 1.54) is 10.6 Å². The largest absolute Gasteiger partial charge is 0.465 e. The summed E-state index contributed by atoms with van der Waals surface area (Å²) in [6.45, 7) is 1.65. The highest BCUT2D eigenvalue weighted by Crippen LogP contribution is 2.22. The first-order valence-electron chi connectivity index (χ1n) is 9.90. The van der Waals surface area contributed by atoms with Gasteiger partial charge >= 0.3 is 5.97 Å². The lowest BCUT2D eigenvalue weighted by atomic mass is 10.2. The molecule has 0 aliphatic rings. The molecule has 0 aliphatic heterocycles. The van der Waals surface area contributed by atoms with Crippen LogP contribution < -0.4 is 9.54 Å². The topological polar surface area (TPSA) is 69.9 Å². The van der Waals surface area contributed by atoms with Gasteiger partial charge in [-0.1, -0.05) is 35.6 Å². The molecule has 3 aromatic carbocycles. The molecule has 0 atom stereocenters. The van der Waals surface area contributed by atoms with Gasteiger partial charge in [0.2, 0.25) is 0 Å². The van der Waals surface area contributed by atoms with Crippen molar-refractivity contribution in [2.24, 2.45) is 4.99 Å². The first-order valence-corrected chi connectivity index (χ1v) is 10.7. The van der Waals surface area contributed by atoms with Crippen LogP contribution in [-0.4, -0.2) is 23.1 Å². The van der Waals surface area contributed by atoms with Crippen LogP contribution in [0, 0.1) is 5.82 Å². The molecule has 4 aromatic rings. The smallest absolute Gasteiger partial charge is 0.326 e. The summed E-state index contributed by atoms with van der Waals surface area (Å²) in [5.41, 5.74) is 0.551. The Hall–Kier alpha value is -3.78. The number of hydrogen-bond acceptors (Lipinski definition) is 5. The summed E-state index contributed by atoms with van der Waals surface area (Å²) in [4.78, 5) is 29.2. The number of para-hydroxylation sites is 2. The number of esters is 1. The van der Waals surface area contributed by atoms with Crippen molar-refractivity contribution in [3.63, 3.8) is 0 Å². The average molecular weight is 450 g/mol. The van der Waals surface area contributed by atoms with Gasteiger partial charge in [0, 0.05) is 5.56 Å². The molecular formula is C24H19FN2O4S. The summed E-state index contributed by atoms with van der Waals surface area (Å²) in [6.07, 6.45) is 0. The Morgan fingerprint density at radius 1 is 0.969 bits per heavy atom. The van der Waals surface area contributed by atoms with E-state index in [9.17, 15) is 14.0 Å². The van der Waals surface area contributed by atoms with Crippen molar-refractivity contribution in [1.29, 1.82) is 0 Å². The minimum atomic E-state index is -0.535. The minimum Gasteiger partial charge on any atom is -0.465 e. The molecule has 0 aliphatic carbocycles. The second-order valence-electron chi connectivity index (χ2n) is 6.72. The Bertz CT molecular complexity index is 1330. The van der Waals surface area contributed by atoms with E-state index in [1.807, 2.05) is 30.3 Å². The first-order chi connectivity index (χ1) is 15.5. The number of rotatable bonds is 6. The predicted octanol–water partition coefficient (Wildman–Crippen LogP) is 4.94. The number of carbonyl (C=O) groups excluding carboxylic acids is 2. The molecule has 0 N–H and O–H groups in total. The van der Waals surface area contributed by atoms with Gasteiger partial charge in [-0.2, -0.15) is 4.99 Å². The zero-order valence-electron chi connectivity index (χ0n) is 17.2. The predicted molar refractivity (Wildman–Crippen MR) is 119 cm³/mol. The summed E-state index contributed by atoms with van der Waals surface area (Å²) in [7, 11) is 0. The molecule has 4 rings (SSSR count). The molecule has 6 nitrogen and oxygen atoms in total. The highest BCUT2D eigenvalue weighted by Gasteiger charge is 2.15. The standard InChI is InChI=1S/C24H19FN2O4S/c1-2-30-21(28)15-27-22-19(25)9-6-10-20(22)32-24(27)26-23(29)16-11-13-18(14-12-16)31-17-7-4-3-5-8-17/h3-14H,2,15H2,1H3. The monoisotopic (exact) mass is 450 g/mol. The fourth-order valence-corrected chi connectivity index (χ4v) is 4.14. The zero-order chi connectivity index (χ0) is 22.5. The Morgan fingerprint density at radius 2 is 1.69 bits per heavy atom. The maximum absolute atomic E-state index is 14.5. The molecule has 1 heterocycles.